The number of amides is 3. The molecular weight excluding hydrogens is 538 g/mol. The summed E-state index contributed by atoms with van der Waals surface area (Å²) in [6, 6.07) is 20.1. The Morgan fingerprint density at radius 1 is 1.02 bits per heavy atom. The van der Waals surface area contributed by atoms with E-state index in [9.17, 15) is 19.2 Å². The second-order valence-corrected chi connectivity index (χ2v) is 9.78. The van der Waals surface area contributed by atoms with E-state index in [0.717, 1.165) is 11.1 Å². The van der Waals surface area contributed by atoms with Gasteiger partial charge in [-0.05, 0) is 43.5 Å². The van der Waals surface area contributed by atoms with E-state index in [1.54, 1.807) is 54.3 Å². The van der Waals surface area contributed by atoms with Crippen LogP contribution in [-0.4, -0.2) is 48.8 Å². The fraction of sp³-hybridized carbons (Fsp3) is 0.258. The summed E-state index contributed by atoms with van der Waals surface area (Å²) in [5.41, 5.74) is 8.64. The maximum absolute atomic E-state index is 13.4. The Labute approximate surface area is 243 Å². The highest BCUT2D eigenvalue weighted by Gasteiger charge is 2.31. The molecule has 0 fully saturated rings. The quantitative estimate of drug-likeness (QED) is 0.119. The Bertz CT molecular complexity index is 1470. The molecule has 1 heterocycles. The van der Waals surface area contributed by atoms with Crippen molar-refractivity contribution in [2.24, 2.45) is 11.7 Å². The second kappa shape index (κ2) is 13.4. The number of carbonyl (C=O) groups excluding carboxylic acids is 4. The van der Waals surface area contributed by atoms with Crippen LogP contribution in [0, 0.1) is 11.3 Å². The van der Waals surface area contributed by atoms with E-state index in [2.05, 4.69) is 10.6 Å². The first-order valence-corrected chi connectivity index (χ1v) is 13.5. The third kappa shape index (κ3) is 7.30. The molecule has 3 aromatic rings. The summed E-state index contributed by atoms with van der Waals surface area (Å²) in [6.07, 6.45) is 0.111. The van der Waals surface area contributed by atoms with Gasteiger partial charge in [0.1, 0.15) is 23.5 Å². The minimum Gasteiger partial charge on any atom is -0.481 e. The molecule has 5 N–H and O–H groups in total. The lowest BCUT2D eigenvalue weighted by atomic mass is 9.97. The van der Waals surface area contributed by atoms with Gasteiger partial charge in [-0.3, -0.25) is 19.8 Å². The average Bonchev–Trinajstić information content (AvgIpc) is 2.98. The van der Waals surface area contributed by atoms with Crippen LogP contribution < -0.4 is 26.0 Å². The van der Waals surface area contributed by atoms with Crippen LogP contribution >= 0.6 is 0 Å². The zero-order valence-electron chi connectivity index (χ0n) is 23.4. The van der Waals surface area contributed by atoms with Gasteiger partial charge in [-0.15, -0.1) is 0 Å². The van der Waals surface area contributed by atoms with Crippen molar-refractivity contribution in [2.75, 3.05) is 23.4 Å². The molecule has 1 unspecified atom stereocenters. The van der Waals surface area contributed by atoms with Crippen molar-refractivity contribution in [3.63, 3.8) is 0 Å². The molecule has 42 heavy (non-hydrogen) atoms. The van der Waals surface area contributed by atoms with Gasteiger partial charge in [0, 0.05) is 17.3 Å². The monoisotopic (exact) mass is 571 g/mol. The third-order valence-corrected chi connectivity index (χ3v) is 6.69. The largest absolute Gasteiger partial charge is 0.481 e. The fourth-order valence-electron chi connectivity index (χ4n) is 4.45. The standard InChI is InChI=1S/C31H33N5O6/c1-3-41-31(40)19(2)34-29(38)24(15-20-7-5-4-6-8-20)30(39)35-23-13-14-25-26(16-23)42-18-27(37)36(25)17-21-9-11-22(12-10-21)28(32)33/h4-14,16,19,24H,3,15,17-18H2,1-2H3,(H3,32,33)(H,34,38)(H,35,39)/t19-,24?/m0/s1. The van der Waals surface area contributed by atoms with Crippen LogP contribution in [0.1, 0.15) is 30.5 Å². The molecule has 0 bridgehead atoms. The molecule has 11 heteroatoms. The van der Waals surface area contributed by atoms with Gasteiger partial charge in [0.05, 0.1) is 18.8 Å². The van der Waals surface area contributed by atoms with Crippen molar-refractivity contribution in [1.82, 2.24) is 5.32 Å². The summed E-state index contributed by atoms with van der Waals surface area (Å²) in [5, 5.41) is 12.9. The molecule has 218 valence electrons. The van der Waals surface area contributed by atoms with Crippen molar-refractivity contribution in [1.29, 1.82) is 5.41 Å². The SMILES string of the molecule is CCOC(=O)[C@H](C)NC(=O)C(Cc1ccccc1)C(=O)Nc1ccc2c(c1)OCC(=O)N2Cc1ccc(C(=N)N)cc1. The number of amidine groups is 1. The van der Waals surface area contributed by atoms with Crippen molar-refractivity contribution >= 4 is 40.9 Å². The first kappa shape index (κ1) is 29.8. The lowest BCUT2D eigenvalue weighted by Gasteiger charge is -2.30. The molecule has 1 aliphatic heterocycles. The van der Waals surface area contributed by atoms with E-state index < -0.39 is 29.7 Å². The molecular formula is C31H33N5O6. The van der Waals surface area contributed by atoms with Crippen LogP contribution in [0.15, 0.2) is 72.8 Å². The predicted molar refractivity (Wildman–Crippen MR) is 157 cm³/mol. The highest BCUT2D eigenvalue weighted by atomic mass is 16.5. The van der Waals surface area contributed by atoms with Gasteiger partial charge in [0.25, 0.3) is 5.91 Å². The topological polar surface area (TPSA) is 164 Å². The van der Waals surface area contributed by atoms with Gasteiger partial charge in [0.2, 0.25) is 11.8 Å². The molecule has 0 spiro atoms. The smallest absolute Gasteiger partial charge is 0.328 e. The molecule has 0 radical (unpaired) electrons. The summed E-state index contributed by atoms with van der Waals surface area (Å²) in [7, 11) is 0. The molecule has 1 aliphatic rings. The van der Waals surface area contributed by atoms with E-state index in [4.69, 9.17) is 20.6 Å². The first-order valence-electron chi connectivity index (χ1n) is 13.5. The normalized spacial score (nSPS) is 13.7. The summed E-state index contributed by atoms with van der Waals surface area (Å²) < 4.78 is 10.6. The van der Waals surface area contributed by atoms with Crippen LogP contribution in [0.25, 0.3) is 0 Å². The maximum atomic E-state index is 13.4. The first-order chi connectivity index (χ1) is 20.2. The highest BCUT2D eigenvalue weighted by Crippen LogP contribution is 2.35. The number of hydrogen-bond acceptors (Lipinski definition) is 7. The number of nitrogens with zero attached hydrogens (tertiary/aromatic N) is 1. The fourth-order valence-corrected chi connectivity index (χ4v) is 4.45. The third-order valence-electron chi connectivity index (χ3n) is 6.69. The number of nitrogens with one attached hydrogen (secondary N) is 3. The minimum atomic E-state index is -1.14. The number of rotatable bonds is 11. The Kier molecular flexibility index (Phi) is 9.53. The Morgan fingerprint density at radius 2 is 1.74 bits per heavy atom. The number of esters is 1. The van der Waals surface area contributed by atoms with Crippen molar-refractivity contribution in [3.8, 4) is 5.75 Å². The summed E-state index contributed by atoms with van der Waals surface area (Å²) in [5.74, 6) is -2.79. The number of anilines is 2. The molecule has 4 rings (SSSR count). The van der Waals surface area contributed by atoms with Crippen LogP contribution in [0.2, 0.25) is 0 Å². The zero-order valence-corrected chi connectivity index (χ0v) is 23.4. The predicted octanol–water partition coefficient (Wildman–Crippen LogP) is 2.76. The Morgan fingerprint density at radius 3 is 2.40 bits per heavy atom. The number of nitrogen functional groups attached to an aromatic ring is 1. The molecule has 0 aromatic heterocycles. The Balaban J connectivity index is 1.51. The van der Waals surface area contributed by atoms with E-state index in [0.29, 0.717) is 22.7 Å². The van der Waals surface area contributed by atoms with E-state index in [1.165, 1.54) is 6.92 Å². The van der Waals surface area contributed by atoms with E-state index in [-0.39, 0.29) is 37.9 Å². The number of nitrogens with two attached hydrogens (primary N) is 1. The van der Waals surface area contributed by atoms with Gasteiger partial charge >= 0.3 is 5.97 Å². The lowest BCUT2D eigenvalue weighted by molar-refractivity contribution is -0.148. The molecule has 3 aromatic carbocycles. The van der Waals surface area contributed by atoms with E-state index in [1.807, 2.05) is 30.3 Å². The van der Waals surface area contributed by atoms with Crippen molar-refractivity contribution < 1.29 is 28.7 Å². The summed E-state index contributed by atoms with van der Waals surface area (Å²) in [4.78, 5) is 53.0. The molecule has 0 saturated carbocycles. The second-order valence-electron chi connectivity index (χ2n) is 9.78. The van der Waals surface area contributed by atoms with Gasteiger partial charge in [0.15, 0.2) is 6.61 Å². The molecule has 11 nitrogen and oxygen atoms in total. The summed E-state index contributed by atoms with van der Waals surface area (Å²) in [6.45, 7) is 3.43. The number of fused-ring (bicyclic) bond motifs is 1. The molecule has 0 aliphatic carbocycles. The number of hydrogen-bond donors (Lipinski definition) is 4. The van der Waals surface area contributed by atoms with E-state index >= 15 is 0 Å². The number of ether oxygens (including phenoxy) is 2. The minimum absolute atomic E-state index is 0.0408. The van der Waals surface area contributed by atoms with Crippen molar-refractivity contribution in [2.45, 2.75) is 32.9 Å². The van der Waals surface area contributed by atoms with Crippen LogP contribution in [-0.2, 0) is 36.9 Å². The lowest BCUT2D eigenvalue weighted by Crippen LogP contribution is -2.46. The van der Waals surface area contributed by atoms with Gasteiger partial charge in [-0.25, -0.2) is 4.79 Å². The zero-order chi connectivity index (χ0) is 30.2. The van der Waals surface area contributed by atoms with Gasteiger partial charge in [-0.2, -0.15) is 0 Å². The Hall–Kier alpha value is -5.19. The van der Waals surface area contributed by atoms with Gasteiger partial charge < -0.3 is 30.7 Å². The maximum Gasteiger partial charge on any atom is 0.328 e. The molecule has 3 amide bonds. The van der Waals surface area contributed by atoms with Crippen LogP contribution in [0.3, 0.4) is 0 Å². The van der Waals surface area contributed by atoms with Crippen LogP contribution in [0.5, 0.6) is 5.75 Å². The molecule has 0 saturated heterocycles. The highest BCUT2D eigenvalue weighted by molar-refractivity contribution is 6.07. The van der Waals surface area contributed by atoms with Crippen LogP contribution in [0.4, 0.5) is 11.4 Å². The summed E-state index contributed by atoms with van der Waals surface area (Å²) >= 11 is 0. The molecule has 2 atom stereocenters. The van der Waals surface area contributed by atoms with Gasteiger partial charge in [-0.1, -0.05) is 54.6 Å². The number of benzene rings is 3. The average molecular weight is 572 g/mol. The number of carbonyl (C=O) groups is 4. The van der Waals surface area contributed by atoms with Crippen molar-refractivity contribution in [3.05, 3.63) is 89.5 Å².